The highest BCUT2D eigenvalue weighted by Crippen LogP contribution is 2.44. The lowest BCUT2D eigenvalue weighted by Gasteiger charge is -2.53. The first kappa shape index (κ1) is 35.1. The zero-order valence-corrected chi connectivity index (χ0v) is 25.5. The van der Waals surface area contributed by atoms with Gasteiger partial charge < -0.3 is 28.4 Å². The Labute approximate surface area is 248 Å². The van der Waals surface area contributed by atoms with Crippen LogP contribution in [0.4, 0.5) is 0 Å². The molecule has 5 unspecified atom stereocenters. The summed E-state index contributed by atoms with van der Waals surface area (Å²) in [6.07, 6.45) is -9.94. The number of benzene rings is 1. The lowest BCUT2D eigenvalue weighted by molar-refractivity contribution is -0.292. The fourth-order valence-electron chi connectivity index (χ4n) is 4.71. The van der Waals surface area contributed by atoms with Gasteiger partial charge in [-0.15, -0.1) is 0 Å². The van der Waals surface area contributed by atoms with Gasteiger partial charge in [-0.25, -0.2) is 0 Å². The average molecular weight is 631 g/mol. The van der Waals surface area contributed by atoms with E-state index < -0.39 is 95.1 Å². The van der Waals surface area contributed by atoms with Gasteiger partial charge in [-0.05, 0) is 19.1 Å². The molecule has 1 aromatic rings. The topological polar surface area (TPSA) is 201 Å². The van der Waals surface area contributed by atoms with E-state index in [1.807, 2.05) is 0 Å². The molecule has 2 rings (SSSR count). The Balaban J connectivity index is 2.81. The zero-order chi connectivity index (χ0) is 32.7. The first-order valence-electron chi connectivity index (χ1n) is 12.9. The van der Waals surface area contributed by atoms with Crippen molar-refractivity contribution < 1.29 is 69.8 Å². The molecular weight excluding hydrogens is 596 g/mol. The summed E-state index contributed by atoms with van der Waals surface area (Å²) in [5.74, 6) is -6.01. The minimum absolute atomic E-state index is 0.207. The normalized spacial score (nSPS) is 25.0. The van der Waals surface area contributed by atoms with Crippen molar-refractivity contribution >= 4 is 45.9 Å². The van der Waals surface area contributed by atoms with E-state index in [1.165, 1.54) is 24.3 Å². The van der Waals surface area contributed by atoms with Crippen molar-refractivity contribution in [3.63, 3.8) is 0 Å². The van der Waals surface area contributed by atoms with Gasteiger partial charge in [0.2, 0.25) is 0 Å². The van der Waals surface area contributed by atoms with E-state index in [4.69, 9.17) is 32.6 Å². The molecule has 1 aromatic carbocycles. The molecule has 16 heteroatoms. The first-order chi connectivity index (χ1) is 19.9. The number of esters is 6. The third-order valence-electron chi connectivity index (χ3n) is 6.07. The summed E-state index contributed by atoms with van der Waals surface area (Å²) in [6.45, 7) is 6.75. The van der Waals surface area contributed by atoms with E-state index in [9.17, 15) is 37.2 Å². The third-order valence-corrected chi connectivity index (χ3v) is 7.40. The molecule has 1 aliphatic carbocycles. The molecule has 0 N–H and O–H groups in total. The van der Waals surface area contributed by atoms with Crippen molar-refractivity contribution in [1.82, 2.24) is 0 Å². The molecule has 0 aliphatic heterocycles. The molecule has 1 aliphatic rings. The summed E-state index contributed by atoms with van der Waals surface area (Å²) < 4.78 is 63.7. The van der Waals surface area contributed by atoms with Crippen molar-refractivity contribution in [2.24, 2.45) is 0 Å². The van der Waals surface area contributed by atoms with Crippen molar-refractivity contribution in [3.05, 3.63) is 29.8 Å². The van der Waals surface area contributed by atoms with Crippen LogP contribution in [0.3, 0.4) is 0 Å². The third kappa shape index (κ3) is 9.22. The molecule has 43 heavy (non-hydrogen) atoms. The summed E-state index contributed by atoms with van der Waals surface area (Å²) >= 11 is 0. The predicted octanol–water partition coefficient (Wildman–Crippen LogP) is 1.06. The van der Waals surface area contributed by atoms with Gasteiger partial charge in [-0.3, -0.25) is 33.0 Å². The van der Waals surface area contributed by atoms with Crippen LogP contribution < -0.4 is 0 Å². The van der Waals surface area contributed by atoms with Crippen LogP contribution >= 0.6 is 0 Å². The number of rotatable bonds is 11. The second-order valence-electron chi connectivity index (χ2n) is 9.67. The minimum Gasteiger partial charge on any atom is -0.454 e. The monoisotopic (exact) mass is 630 g/mol. The number of aryl methyl sites for hydroxylation is 1. The number of ether oxygens (including phenoxy) is 6. The van der Waals surface area contributed by atoms with E-state index in [2.05, 4.69) is 0 Å². The highest BCUT2D eigenvalue weighted by molar-refractivity contribution is 7.86. The van der Waals surface area contributed by atoms with Crippen LogP contribution in [-0.2, 0) is 71.5 Å². The van der Waals surface area contributed by atoms with Gasteiger partial charge in [0.1, 0.15) is 0 Å². The van der Waals surface area contributed by atoms with Gasteiger partial charge in [0.25, 0.3) is 10.1 Å². The highest BCUT2D eigenvalue weighted by Gasteiger charge is 2.69. The number of carbonyl (C=O) groups excluding carboxylic acids is 6. The van der Waals surface area contributed by atoms with Crippen LogP contribution in [0.2, 0.25) is 0 Å². The molecule has 0 aromatic heterocycles. The molecule has 0 spiro atoms. The van der Waals surface area contributed by atoms with Crippen LogP contribution in [0.15, 0.2) is 29.2 Å². The molecule has 0 heterocycles. The second-order valence-corrected chi connectivity index (χ2v) is 11.3. The maximum absolute atomic E-state index is 12.9. The van der Waals surface area contributed by atoms with Crippen LogP contribution in [0.1, 0.15) is 53.5 Å². The molecule has 0 radical (unpaired) electrons. The molecule has 0 saturated heterocycles. The summed E-state index contributed by atoms with van der Waals surface area (Å²) in [7, 11) is -4.40. The summed E-state index contributed by atoms with van der Waals surface area (Å²) in [5.41, 5.74) is -1.65. The number of carbonyl (C=O) groups is 6. The molecule has 238 valence electrons. The first-order valence-corrected chi connectivity index (χ1v) is 14.3. The van der Waals surface area contributed by atoms with Crippen LogP contribution in [0.5, 0.6) is 0 Å². The number of hydrogen-bond donors (Lipinski definition) is 0. The SMILES string of the molecule is CC(=O)OC1C(OC(C)=O)C(OC(C)=O)C(CCOS(=O)(=O)c2ccc(C)cc2)(OC(C)=O)[C@@H](OC(C)=O)C1OC(C)=O. The highest BCUT2D eigenvalue weighted by atomic mass is 32.2. The summed E-state index contributed by atoms with van der Waals surface area (Å²) in [6, 6.07) is 5.67. The Bertz CT molecular complexity index is 1290. The maximum atomic E-state index is 12.9. The average Bonchev–Trinajstić information content (AvgIpc) is 2.85. The standard InChI is InChI=1S/C27H34O15S/c1-14-8-10-21(11-9-14)43(34,35)36-13-12-27(42-20(7)33)25(40-18(5)31)23(38-16(3)29)22(37-15(2)28)24(39-17(4)30)26(27)41-19(6)32/h8-11,22-26H,12-13H2,1-7H3/t22?,23?,24?,25-,26?,27?/m0/s1. The minimum atomic E-state index is -4.40. The van der Waals surface area contributed by atoms with Gasteiger partial charge in [0.05, 0.1) is 11.5 Å². The van der Waals surface area contributed by atoms with E-state index in [0.717, 1.165) is 47.1 Å². The van der Waals surface area contributed by atoms with Crippen LogP contribution in [-0.4, -0.2) is 87.0 Å². The fourth-order valence-corrected chi connectivity index (χ4v) is 5.62. The summed E-state index contributed by atoms with van der Waals surface area (Å²) in [5, 5.41) is 0. The summed E-state index contributed by atoms with van der Waals surface area (Å²) in [4.78, 5) is 73.6. The van der Waals surface area contributed by atoms with E-state index >= 15 is 0 Å². The van der Waals surface area contributed by atoms with Crippen LogP contribution in [0.25, 0.3) is 0 Å². The molecule has 6 atom stereocenters. The van der Waals surface area contributed by atoms with Gasteiger partial charge in [-0.1, -0.05) is 17.7 Å². The van der Waals surface area contributed by atoms with Crippen LogP contribution in [0, 0.1) is 6.92 Å². The van der Waals surface area contributed by atoms with Gasteiger partial charge in [-0.2, -0.15) is 8.42 Å². The molecular formula is C27H34O15S. The van der Waals surface area contributed by atoms with Crippen molar-refractivity contribution in [3.8, 4) is 0 Å². The fraction of sp³-hybridized carbons (Fsp3) is 0.556. The Morgan fingerprint density at radius 3 is 1.40 bits per heavy atom. The van der Waals surface area contributed by atoms with E-state index in [-0.39, 0.29) is 4.90 Å². The number of hydrogen-bond acceptors (Lipinski definition) is 15. The Hall–Kier alpha value is -4.05. The predicted molar refractivity (Wildman–Crippen MR) is 141 cm³/mol. The van der Waals surface area contributed by atoms with E-state index in [0.29, 0.717) is 0 Å². The second kappa shape index (κ2) is 14.4. The Morgan fingerprint density at radius 1 is 0.628 bits per heavy atom. The maximum Gasteiger partial charge on any atom is 0.303 e. The molecule has 1 saturated carbocycles. The quantitative estimate of drug-likeness (QED) is 0.191. The van der Waals surface area contributed by atoms with Gasteiger partial charge in [0.15, 0.2) is 36.1 Å². The Morgan fingerprint density at radius 2 is 1.02 bits per heavy atom. The molecule has 0 amide bonds. The largest absolute Gasteiger partial charge is 0.454 e. The smallest absolute Gasteiger partial charge is 0.303 e. The van der Waals surface area contributed by atoms with Crippen molar-refractivity contribution in [1.29, 1.82) is 0 Å². The van der Waals surface area contributed by atoms with Crippen molar-refractivity contribution in [2.45, 2.75) is 95.9 Å². The lowest BCUT2D eigenvalue weighted by atomic mass is 9.72. The van der Waals surface area contributed by atoms with Gasteiger partial charge in [0, 0.05) is 48.0 Å². The lowest BCUT2D eigenvalue weighted by Crippen LogP contribution is -2.75. The molecule has 0 bridgehead atoms. The van der Waals surface area contributed by atoms with Crippen molar-refractivity contribution in [2.75, 3.05) is 6.61 Å². The Kier molecular flexibility index (Phi) is 11.8. The van der Waals surface area contributed by atoms with E-state index in [1.54, 1.807) is 6.92 Å². The van der Waals surface area contributed by atoms with Gasteiger partial charge >= 0.3 is 35.8 Å². The molecule has 1 fully saturated rings. The molecule has 15 nitrogen and oxygen atoms in total. The zero-order valence-electron chi connectivity index (χ0n) is 24.6.